The first-order valence-corrected chi connectivity index (χ1v) is 6.17. The van der Waals surface area contributed by atoms with Crippen molar-refractivity contribution in [1.29, 1.82) is 0 Å². The lowest BCUT2D eigenvalue weighted by Crippen LogP contribution is -2.11. The van der Waals surface area contributed by atoms with Crippen molar-refractivity contribution in [2.75, 3.05) is 0 Å². The lowest BCUT2D eigenvalue weighted by molar-refractivity contribution is -0.131. The van der Waals surface area contributed by atoms with E-state index in [0.29, 0.717) is 5.75 Å². The molecule has 2 N–H and O–H groups in total. The summed E-state index contributed by atoms with van der Waals surface area (Å²) in [5, 5.41) is 4.01. The van der Waals surface area contributed by atoms with Gasteiger partial charge in [0.15, 0.2) is 0 Å². The van der Waals surface area contributed by atoms with Crippen molar-refractivity contribution >= 4 is 17.3 Å². The highest BCUT2D eigenvalue weighted by molar-refractivity contribution is 7.08. The zero-order chi connectivity index (χ0) is 12.3. The summed E-state index contributed by atoms with van der Waals surface area (Å²) in [6, 6.07) is 9.11. The Labute approximate surface area is 104 Å². The molecule has 17 heavy (non-hydrogen) atoms. The number of carbonyl (C=O) groups is 1. The highest BCUT2D eigenvalue weighted by Gasteiger charge is 2.10. The van der Waals surface area contributed by atoms with Gasteiger partial charge in [0, 0.05) is 6.92 Å². The van der Waals surface area contributed by atoms with Crippen LogP contribution in [0.1, 0.15) is 24.1 Å². The summed E-state index contributed by atoms with van der Waals surface area (Å²) < 4.78 is 5.03. The Hall–Kier alpha value is -1.65. The topological polar surface area (TPSA) is 52.3 Å². The first-order chi connectivity index (χ1) is 8.16. The molecule has 1 aromatic carbocycles. The molecule has 0 aliphatic heterocycles. The summed E-state index contributed by atoms with van der Waals surface area (Å²) in [4.78, 5) is 10.9. The van der Waals surface area contributed by atoms with Gasteiger partial charge < -0.3 is 10.5 Å². The van der Waals surface area contributed by atoms with Crippen LogP contribution in [0.4, 0.5) is 0 Å². The predicted molar refractivity (Wildman–Crippen MR) is 68.1 cm³/mol. The van der Waals surface area contributed by atoms with Crippen LogP contribution in [0.2, 0.25) is 0 Å². The molecule has 0 saturated heterocycles. The number of nitrogens with two attached hydrogens (primary N) is 1. The van der Waals surface area contributed by atoms with E-state index in [9.17, 15) is 4.79 Å². The van der Waals surface area contributed by atoms with Gasteiger partial charge in [-0.3, -0.25) is 4.79 Å². The molecule has 2 rings (SSSR count). The molecule has 1 atom stereocenters. The highest BCUT2D eigenvalue weighted by Crippen LogP contribution is 2.24. The molecule has 0 saturated carbocycles. The summed E-state index contributed by atoms with van der Waals surface area (Å²) in [5.41, 5.74) is 8.12. The quantitative estimate of drug-likeness (QED) is 0.670. The van der Waals surface area contributed by atoms with Crippen molar-refractivity contribution in [3.05, 3.63) is 52.2 Å². The second-order valence-corrected chi connectivity index (χ2v) is 4.48. The fourth-order valence-electron chi connectivity index (χ4n) is 1.58. The van der Waals surface area contributed by atoms with E-state index in [0.717, 1.165) is 11.1 Å². The molecule has 0 aliphatic carbocycles. The van der Waals surface area contributed by atoms with Crippen molar-refractivity contribution in [1.82, 2.24) is 0 Å². The summed E-state index contributed by atoms with van der Waals surface area (Å²) in [7, 11) is 0. The number of benzene rings is 1. The van der Waals surface area contributed by atoms with Gasteiger partial charge in [-0.1, -0.05) is 12.1 Å². The predicted octanol–water partition coefficient (Wildman–Crippen LogP) is 2.72. The molecular weight excluding hydrogens is 234 g/mol. The van der Waals surface area contributed by atoms with E-state index in [-0.39, 0.29) is 12.0 Å². The monoisotopic (exact) mass is 247 g/mol. The zero-order valence-corrected chi connectivity index (χ0v) is 10.2. The van der Waals surface area contributed by atoms with Crippen LogP contribution in [0.5, 0.6) is 5.75 Å². The third kappa shape index (κ3) is 2.93. The summed E-state index contributed by atoms with van der Waals surface area (Å²) >= 11 is 1.61. The number of carbonyl (C=O) groups excluding carboxylic acids is 1. The largest absolute Gasteiger partial charge is 0.427 e. The first-order valence-electron chi connectivity index (χ1n) is 5.23. The second-order valence-electron chi connectivity index (χ2n) is 3.70. The van der Waals surface area contributed by atoms with E-state index in [1.165, 1.54) is 6.92 Å². The van der Waals surface area contributed by atoms with E-state index in [1.54, 1.807) is 23.5 Å². The first kappa shape index (κ1) is 11.8. The average molecular weight is 247 g/mol. The summed E-state index contributed by atoms with van der Waals surface area (Å²) in [6.45, 7) is 1.38. The molecule has 0 aliphatic rings. The Balaban J connectivity index is 2.24. The smallest absolute Gasteiger partial charge is 0.308 e. The van der Waals surface area contributed by atoms with E-state index in [2.05, 4.69) is 0 Å². The maximum Gasteiger partial charge on any atom is 0.308 e. The minimum atomic E-state index is -0.328. The molecule has 1 aromatic heterocycles. The standard InChI is InChI=1S/C13H13NO2S/c1-9(15)16-12-4-2-3-10(7-12)13(14)11-5-6-17-8-11/h2-8,13H,14H2,1H3/t13-/m0/s1. The van der Waals surface area contributed by atoms with Crippen molar-refractivity contribution in [2.24, 2.45) is 5.73 Å². The second kappa shape index (κ2) is 5.12. The fraction of sp³-hybridized carbons (Fsp3) is 0.154. The normalized spacial score (nSPS) is 12.1. The van der Waals surface area contributed by atoms with Crippen molar-refractivity contribution < 1.29 is 9.53 Å². The molecule has 0 bridgehead atoms. The third-order valence-electron chi connectivity index (χ3n) is 2.38. The van der Waals surface area contributed by atoms with Crippen LogP contribution in [0.3, 0.4) is 0 Å². The molecule has 0 spiro atoms. The Bertz CT molecular complexity index is 508. The van der Waals surface area contributed by atoms with Crippen LogP contribution in [0.25, 0.3) is 0 Å². The van der Waals surface area contributed by atoms with Gasteiger partial charge >= 0.3 is 5.97 Å². The number of thiophene rings is 1. The van der Waals surface area contributed by atoms with E-state index < -0.39 is 0 Å². The van der Waals surface area contributed by atoms with Crippen molar-refractivity contribution in [3.8, 4) is 5.75 Å². The van der Waals surface area contributed by atoms with Crippen molar-refractivity contribution in [2.45, 2.75) is 13.0 Å². The Kier molecular flexibility index (Phi) is 3.56. The number of hydrogen-bond acceptors (Lipinski definition) is 4. The van der Waals surface area contributed by atoms with Crippen LogP contribution in [0.15, 0.2) is 41.1 Å². The van der Waals surface area contributed by atoms with E-state index >= 15 is 0 Å². The number of rotatable bonds is 3. The number of esters is 1. The molecule has 2 aromatic rings. The van der Waals surface area contributed by atoms with Gasteiger partial charge in [0.1, 0.15) is 5.75 Å². The minimum absolute atomic E-state index is 0.184. The van der Waals surface area contributed by atoms with Crippen LogP contribution in [0, 0.1) is 0 Å². The molecule has 0 radical (unpaired) electrons. The Morgan fingerprint density at radius 3 is 2.82 bits per heavy atom. The lowest BCUT2D eigenvalue weighted by atomic mass is 10.0. The molecule has 4 heteroatoms. The molecule has 0 unspecified atom stereocenters. The molecule has 0 fully saturated rings. The average Bonchev–Trinajstić information content (AvgIpc) is 2.81. The maximum absolute atomic E-state index is 10.9. The summed E-state index contributed by atoms with van der Waals surface area (Å²) in [5.74, 6) is 0.201. The van der Waals surface area contributed by atoms with Gasteiger partial charge in [-0.05, 0) is 40.1 Å². The molecule has 0 amide bonds. The van der Waals surface area contributed by atoms with Crippen LogP contribution in [-0.2, 0) is 4.79 Å². The molecular formula is C13H13NO2S. The molecule has 88 valence electrons. The SMILES string of the molecule is CC(=O)Oc1cccc([C@H](N)c2ccsc2)c1. The van der Waals surface area contributed by atoms with Gasteiger partial charge in [0.05, 0.1) is 6.04 Å². The van der Waals surface area contributed by atoms with E-state index in [1.807, 2.05) is 29.0 Å². The zero-order valence-electron chi connectivity index (χ0n) is 9.42. The van der Waals surface area contributed by atoms with Crippen LogP contribution in [-0.4, -0.2) is 5.97 Å². The molecule has 3 nitrogen and oxygen atoms in total. The number of hydrogen-bond donors (Lipinski definition) is 1. The van der Waals surface area contributed by atoms with Crippen molar-refractivity contribution in [3.63, 3.8) is 0 Å². The van der Waals surface area contributed by atoms with Gasteiger partial charge in [0.2, 0.25) is 0 Å². The molecule has 1 heterocycles. The third-order valence-corrected chi connectivity index (χ3v) is 3.08. The van der Waals surface area contributed by atoms with E-state index in [4.69, 9.17) is 10.5 Å². The Morgan fingerprint density at radius 2 is 2.18 bits per heavy atom. The maximum atomic E-state index is 10.9. The highest BCUT2D eigenvalue weighted by atomic mass is 32.1. The van der Waals surface area contributed by atoms with Crippen LogP contribution < -0.4 is 10.5 Å². The fourth-order valence-corrected chi connectivity index (χ4v) is 2.28. The minimum Gasteiger partial charge on any atom is -0.427 e. The van der Waals surface area contributed by atoms with Gasteiger partial charge in [0.25, 0.3) is 0 Å². The number of ether oxygens (including phenoxy) is 1. The van der Waals surface area contributed by atoms with Gasteiger partial charge in [-0.15, -0.1) is 0 Å². The lowest BCUT2D eigenvalue weighted by Gasteiger charge is -2.11. The van der Waals surface area contributed by atoms with Gasteiger partial charge in [-0.2, -0.15) is 11.3 Å². The van der Waals surface area contributed by atoms with Crippen LogP contribution >= 0.6 is 11.3 Å². The van der Waals surface area contributed by atoms with Gasteiger partial charge in [-0.25, -0.2) is 0 Å². The summed E-state index contributed by atoms with van der Waals surface area (Å²) in [6.07, 6.45) is 0. The Morgan fingerprint density at radius 1 is 1.35 bits per heavy atom.